The molecule has 4 nitrogen and oxygen atoms in total. The zero-order chi connectivity index (χ0) is 20.0. The molecule has 2 aromatic carbocycles. The number of rotatable bonds is 0. The number of likely N-dealkylation sites (N-methyl/N-ethyl adjacent to an activating group) is 1. The average molecular weight is 427 g/mol. The second-order valence-corrected chi connectivity index (χ2v) is 9.05. The van der Waals surface area contributed by atoms with Gasteiger partial charge in [0.15, 0.2) is 0 Å². The maximum absolute atomic E-state index is 14.4. The molecule has 0 unspecified atom stereocenters. The van der Waals surface area contributed by atoms with Gasteiger partial charge in [0.1, 0.15) is 11.6 Å². The number of benzene rings is 2. The van der Waals surface area contributed by atoms with E-state index in [0.29, 0.717) is 23.7 Å². The van der Waals surface area contributed by atoms with Gasteiger partial charge in [-0.3, -0.25) is 4.98 Å². The van der Waals surface area contributed by atoms with Crippen LogP contribution in [0.25, 0.3) is 10.9 Å². The van der Waals surface area contributed by atoms with Gasteiger partial charge in [0.05, 0.1) is 11.1 Å². The molecular weight excluding hydrogens is 403 g/mol. The number of aliphatic hydroxyl groups is 1. The Morgan fingerprint density at radius 3 is 2.80 bits per heavy atom. The monoisotopic (exact) mass is 426 g/mol. The normalized spacial score (nSPS) is 29.5. The Morgan fingerprint density at radius 1 is 1.13 bits per heavy atom. The van der Waals surface area contributed by atoms with Crippen LogP contribution >= 0.6 is 12.4 Å². The van der Waals surface area contributed by atoms with Crippen LogP contribution in [0.2, 0.25) is 0 Å². The van der Waals surface area contributed by atoms with Crippen molar-refractivity contribution >= 4 is 23.3 Å². The van der Waals surface area contributed by atoms with Crippen LogP contribution in [-0.2, 0) is 24.7 Å². The third-order valence-electron chi connectivity index (χ3n) is 7.73. The summed E-state index contributed by atoms with van der Waals surface area (Å²) in [5.74, 6) is -0.0431. The van der Waals surface area contributed by atoms with E-state index in [4.69, 9.17) is 4.98 Å². The number of halogens is 2. The van der Waals surface area contributed by atoms with Gasteiger partial charge < -0.3 is 15.1 Å². The molecule has 0 spiro atoms. The second kappa shape index (κ2) is 6.39. The van der Waals surface area contributed by atoms with E-state index < -0.39 is 11.0 Å². The molecule has 3 atom stereocenters. The van der Waals surface area contributed by atoms with E-state index >= 15 is 0 Å². The van der Waals surface area contributed by atoms with Gasteiger partial charge >= 0.3 is 0 Å². The van der Waals surface area contributed by atoms with Crippen LogP contribution < -0.4 is 0 Å². The first-order valence-corrected chi connectivity index (χ1v) is 10.2. The molecule has 2 aliphatic carbocycles. The standard InChI is InChI=1S/C24H23FN2O2.ClH/c1-27-8-7-23-13-21-15(9-17-19(25)3-2-4-20(17)26-21)12-24(23,29)22(27)10-14-5-6-16(28)11-18(14)23;/h2-6,9,11,22,28-29H,7-8,10,12-13H2,1H3;1H/t22-,23-,24-;/m1./s1. The minimum Gasteiger partial charge on any atom is -0.508 e. The topological polar surface area (TPSA) is 56.6 Å². The molecule has 2 bridgehead atoms. The number of aromatic nitrogens is 1. The number of likely N-dealkylation sites (tertiary alicyclic amines) is 1. The molecule has 30 heavy (non-hydrogen) atoms. The first kappa shape index (κ1) is 19.7. The van der Waals surface area contributed by atoms with Crippen molar-refractivity contribution in [1.29, 1.82) is 0 Å². The second-order valence-electron chi connectivity index (χ2n) is 9.05. The number of pyridine rings is 1. The highest BCUT2D eigenvalue weighted by Gasteiger charge is 2.64. The van der Waals surface area contributed by atoms with E-state index in [9.17, 15) is 14.6 Å². The Balaban J connectivity index is 0.00000193. The number of phenolic OH excluding ortho intramolecular Hbond substituents is 1. The zero-order valence-electron chi connectivity index (χ0n) is 16.7. The number of aromatic hydroxyl groups is 1. The molecule has 6 rings (SSSR count). The summed E-state index contributed by atoms with van der Waals surface area (Å²) >= 11 is 0. The predicted octanol–water partition coefficient (Wildman–Crippen LogP) is 3.53. The van der Waals surface area contributed by atoms with Gasteiger partial charge in [0.25, 0.3) is 0 Å². The Kier molecular flexibility index (Phi) is 4.21. The smallest absolute Gasteiger partial charge is 0.132 e. The van der Waals surface area contributed by atoms with Crippen molar-refractivity contribution in [2.45, 2.75) is 42.7 Å². The van der Waals surface area contributed by atoms with Crippen LogP contribution in [0.1, 0.15) is 28.8 Å². The molecule has 1 fully saturated rings. The van der Waals surface area contributed by atoms with E-state index in [0.717, 1.165) is 36.2 Å². The number of phenols is 1. The maximum Gasteiger partial charge on any atom is 0.132 e. The lowest BCUT2D eigenvalue weighted by atomic mass is 9.49. The molecule has 0 amide bonds. The van der Waals surface area contributed by atoms with Crippen LogP contribution in [-0.4, -0.2) is 45.3 Å². The van der Waals surface area contributed by atoms with Gasteiger partial charge in [-0.25, -0.2) is 4.39 Å². The highest BCUT2D eigenvalue weighted by molar-refractivity contribution is 5.85. The van der Waals surface area contributed by atoms with Crippen molar-refractivity contribution in [3.05, 3.63) is 70.7 Å². The van der Waals surface area contributed by atoms with Crippen LogP contribution in [0.5, 0.6) is 5.75 Å². The minimum atomic E-state index is -0.978. The largest absolute Gasteiger partial charge is 0.508 e. The van der Waals surface area contributed by atoms with Gasteiger partial charge in [-0.15, -0.1) is 12.4 Å². The lowest BCUT2D eigenvalue weighted by Crippen LogP contribution is -2.73. The number of fused-ring (bicyclic) bond motifs is 3. The quantitative estimate of drug-likeness (QED) is 0.577. The minimum absolute atomic E-state index is 0. The summed E-state index contributed by atoms with van der Waals surface area (Å²) in [4.78, 5) is 7.09. The fraction of sp³-hybridized carbons (Fsp3) is 0.375. The Labute approximate surface area is 180 Å². The Bertz CT molecular complexity index is 1190. The van der Waals surface area contributed by atoms with Gasteiger partial charge in [-0.1, -0.05) is 12.1 Å². The number of piperidine rings is 1. The highest BCUT2D eigenvalue weighted by atomic mass is 35.5. The first-order chi connectivity index (χ1) is 13.9. The van der Waals surface area contributed by atoms with E-state index in [1.54, 1.807) is 12.1 Å². The first-order valence-electron chi connectivity index (χ1n) is 10.2. The molecular formula is C24H24ClFN2O2. The lowest BCUT2D eigenvalue weighted by Gasteiger charge is -2.63. The van der Waals surface area contributed by atoms with Crippen molar-refractivity contribution in [1.82, 2.24) is 9.88 Å². The van der Waals surface area contributed by atoms with Gasteiger partial charge in [0, 0.05) is 35.4 Å². The molecule has 0 radical (unpaired) electrons. The summed E-state index contributed by atoms with van der Waals surface area (Å²) in [6, 6.07) is 12.4. The fourth-order valence-corrected chi connectivity index (χ4v) is 6.26. The maximum atomic E-state index is 14.4. The molecule has 3 aliphatic rings. The van der Waals surface area contributed by atoms with Crippen molar-refractivity contribution in [2.75, 3.05) is 13.6 Å². The molecule has 1 aliphatic heterocycles. The Hall–Kier alpha value is -2.21. The summed E-state index contributed by atoms with van der Waals surface area (Å²) in [5.41, 5.74) is 3.31. The van der Waals surface area contributed by atoms with E-state index in [2.05, 4.69) is 11.9 Å². The Morgan fingerprint density at radius 2 is 1.97 bits per heavy atom. The van der Waals surface area contributed by atoms with E-state index in [-0.39, 0.29) is 30.0 Å². The number of hydrogen-bond donors (Lipinski definition) is 2. The zero-order valence-corrected chi connectivity index (χ0v) is 17.5. The molecule has 156 valence electrons. The van der Waals surface area contributed by atoms with Crippen LogP contribution in [0, 0.1) is 5.82 Å². The third-order valence-corrected chi connectivity index (χ3v) is 7.73. The van der Waals surface area contributed by atoms with E-state index in [1.165, 1.54) is 11.6 Å². The highest BCUT2D eigenvalue weighted by Crippen LogP contribution is 2.57. The summed E-state index contributed by atoms with van der Waals surface area (Å²) in [6.07, 6.45) is 2.60. The van der Waals surface area contributed by atoms with Crippen LogP contribution in [0.15, 0.2) is 42.5 Å². The summed E-state index contributed by atoms with van der Waals surface area (Å²) in [6.45, 7) is 0.889. The molecule has 6 heteroatoms. The predicted molar refractivity (Wildman–Crippen MR) is 116 cm³/mol. The number of nitrogens with zero attached hydrogens (tertiary/aromatic N) is 2. The van der Waals surface area contributed by atoms with Gasteiger partial charge in [-0.05, 0) is 73.5 Å². The fourth-order valence-electron chi connectivity index (χ4n) is 6.26. The van der Waals surface area contributed by atoms with Crippen LogP contribution in [0.4, 0.5) is 4.39 Å². The molecule has 0 saturated carbocycles. The van der Waals surface area contributed by atoms with Crippen molar-refractivity contribution in [3.8, 4) is 5.75 Å². The van der Waals surface area contributed by atoms with Crippen molar-refractivity contribution < 1.29 is 14.6 Å². The molecule has 1 aromatic heterocycles. The third kappa shape index (κ3) is 2.37. The molecule has 2 N–H and O–H groups in total. The summed E-state index contributed by atoms with van der Waals surface area (Å²) in [5, 5.41) is 23.0. The van der Waals surface area contributed by atoms with E-state index in [1.807, 2.05) is 24.3 Å². The van der Waals surface area contributed by atoms with Crippen LogP contribution in [0.3, 0.4) is 0 Å². The molecule has 3 aromatic rings. The van der Waals surface area contributed by atoms with Crippen molar-refractivity contribution in [2.24, 2.45) is 0 Å². The number of hydrogen-bond acceptors (Lipinski definition) is 4. The van der Waals surface area contributed by atoms with Crippen molar-refractivity contribution in [3.63, 3.8) is 0 Å². The van der Waals surface area contributed by atoms with Gasteiger partial charge in [-0.2, -0.15) is 0 Å². The SMILES string of the molecule is CN1CC[C@]23Cc4nc5cccc(F)c5cc4C[C@@]2(O)[C@H]1Cc1ccc(O)cc13.Cl. The van der Waals surface area contributed by atoms with Gasteiger partial charge in [0.2, 0.25) is 0 Å². The molecule has 1 saturated heterocycles. The average Bonchev–Trinajstić information content (AvgIpc) is 2.69. The summed E-state index contributed by atoms with van der Waals surface area (Å²) < 4.78 is 14.4. The molecule has 2 heterocycles. The summed E-state index contributed by atoms with van der Waals surface area (Å²) in [7, 11) is 2.08. The lowest BCUT2D eigenvalue weighted by molar-refractivity contribution is -0.145.